The number of allylic oxidation sites excluding steroid dienone is 4. The van der Waals surface area contributed by atoms with Crippen LogP contribution in [0.15, 0.2) is 120 Å². The van der Waals surface area contributed by atoms with E-state index >= 15 is 0 Å². The lowest BCUT2D eigenvalue weighted by Gasteiger charge is -2.48. The maximum absolute atomic E-state index is 14.5. The van der Waals surface area contributed by atoms with Crippen LogP contribution >= 0.6 is 11.3 Å². The minimum Gasteiger partial charge on any atom is -0.507 e. The first kappa shape index (κ1) is 79.2. The predicted molar refractivity (Wildman–Crippen MR) is 410 cm³/mol. The first-order valence-corrected chi connectivity index (χ1v) is 38.8. The Morgan fingerprint density at radius 1 is 0.796 bits per heavy atom. The SMILES string of the molecule is Cc1ncsc1-c1ccc([C@H](C)NC(=O)[C@@H]2C[C@@H](O)CN2C(=O)[C@@H](C2=CC(OCCN3CCC(CN4CCN5c6cc(-c7ccccc7O)nnc6N(C(=O)OCc6ccc(NC(=O)[C@H](CCCNC(N)=O)NC(=O)[C@@H](NC(=O)CCCCCC7C(=O)C=CC7=O)C(C)C)cc6)C[C@H]5C4)CC3)=CC2)C(C)C)cc1. The number of carbonyl (C=O) groups is 9. The van der Waals surface area contributed by atoms with E-state index in [0.29, 0.717) is 91.7 Å². The van der Waals surface area contributed by atoms with Crippen LogP contribution in [0.1, 0.15) is 128 Å². The number of aromatic nitrogens is 3. The predicted octanol–water partition coefficient (Wildman–Crippen LogP) is 8.27. The van der Waals surface area contributed by atoms with E-state index in [1.807, 2.05) is 81.8 Å². The number of piperidine rings is 1. The molecule has 28 heteroatoms. The number of aromatic hydroxyl groups is 1. The number of phenols is 1. The van der Waals surface area contributed by atoms with Crippen molar-refractivity contribution in [3.8, 4) is 27.4 Å². The van der Waals surface area contributed by atoms with Crippen molar-refractivity contribution in [3.05, 3.63) is 137 Å². The van der Waals surface area contributed by atoms with Crippen molar-refractivity contribution in [3.63, 3.8) is 0 Å². The molecule has 0 unspecified atom stereocenters. The molecule has 7 atom stereocenters. The largest absolute Gasteiger partial charge is 0.507 e. The van der Waals surface area contributed by atoms with Crippen LogP contribution in [0.5, 0.6) is 5.75 Å². The summed E-state index contributed by atoms with van der Waals surface area (Å²) in [6, 6.07) is 19.5. The molecule has 9 N–H and O–H groups in total. The minimum absolute atomic E-state index is 0.0484. The first-order valence-electron chi connectivity index (χ1n) is 37.9. The fraction of sp³-hybridized carbons (Fsp3) is 0.500. The number of amides is 8. The zero-order chi connectivity index (χ0) is 76.7. The van der Waals surface area contributed by atoms with Crippen LogP contribution < -0.4 is 42.1 Å². The summed E-state index contributed by atoms with van der Waals surface area (Å²) in [5.41, 5.74) is 13.7. The molecule has 0 saturated carbocycles. The van der Waals surface area contributed by atoms with Crippen LogP contribution in [-0.2, 0) is 49.6 Å². The number of para-hydroxylation sites is 1. The van der Waals surface area contributed by atoms with Crippen molar-refractivity contribution in [2.24, 2.45) is 35.3 Å². The van der Waals surface area contributed by atoms with E-state index in [-0.39, 0.29) is 111 Å². The maximum atomic E-state index is 14.5. The minimum atomic E-state index is -1.08. The van der Waals surface area contributed by atoms with Gasteiger partial charge in [-0.1, -0.05) is 89.1 Å². The van der Waals surface area contributed by atoms with Gasteiger partial charge in [0.05, 0.1) is 64.0 Å². The van der Waals surface area contributed by atoms with Gasteiger partial charge in [0.1, 0.15) is 42.8 Å². The zero-order valence-electron chi connectivity index (χ0n) is 62.5. The summed E-state index contributed by atoms with van der Waals surface area (Å²) < 4.78 is 12.4. The zero-order valence-corrected chi connectivity index (χ0v) is 63.3. The molecule has 0 radical (unpaired) electrons. The molecule has 8 amide bonds. The summed E-state index contributed by atoms with van der Waals surface area (Å²) in [7, 11) is 0. The molecule has 0 bridgehead atoms. The number of rotatable bonds is 32. The fourth-order valence-corrected chi connectivity index (χ4v) is 16.2. The van der Waals surface area contributed by atoms with Gasteiger partial charge in [-0.05, 0) is 167 Å². The molecule has 2 aliphatic carbocycles. The van der Waals surface area contributed by atoms with Gasteiger partial charge in [0.25, 0.3) is 0 Å². The lowest BCUT2D eigenvalue weighted by atomic mass is 9.86. The average Bonchev–Trinajstić information content (AvgIpc) is 1.10. The lowest BCUT2D eigenvalue weighted by molar-refractivity contribution is -0.142. The molecule has 3 aromatic carbocycles. The van der Waals surface area contributed by atoms with Crippen molar-refractivity contribution >= 4 is 81.8 Å². The number of aryl methyl sites for hydroxylation is 1. The van der Waals surface area contributed by atoms with Crippen LogP contribution in [0.25, 0.3) is 21.7 Å². The molecule has 4 aliphatic heterocycles. The Balaban J connectivity index is 0.646. The van der Waals surface area contributed by atoms with Crippen LogP contribution in [0.2, 0.25) is 0 Å². The number of unbranched alkanes of at least 4 members (excludes halogenated alkanes) is 2. The van der Waals surface area contributed by atoms with E-state index in [2.05, 4.69) is 56.5 Å². The second-order valence-corrected chi connectivity index (χ2v) is 30.7. The standard InChI is InChI=1S/C80H102N14O13S/c1-48(2)71(78(103)93-45-59(95)40-66(93)76(101)84-50(5)54-20-22-55(23-21-54)73-51(6)83-47-108-73)56-24-27-60(39-56)106-38-37-90-33-30-52(31-34-90)42-91-35-36-92-58(43-91)44-94(74-65(92)41-64(88-89-74)61-13-10-11-16-67(61)96)80(105)107-46-53-18-25-57(26-19-53)85-75(100)63(15-12-32-82-79(81)104)86-77(102)72(49(3)4)87-70(99)17-9-7-8-14-62-68(97)28-29-69(62)98/h10-11,13,16,18-23,25-29,39,41,47-50,52,58-59,62-63,66,71-72,95-96H,7-9,12,14-15,17,24,30-38,40,42-46H2,1-6H3,(H,84,101)(H,85,100)(H,86,102)(H,87,99)(H3,81,82,104)/t50-,58+,59+,63-,66-,71+,72-/m0/s1. The number of thiazole rings is 1. The average molecular weight is 1500 g/mol. The number of carbonyl (C=O) groups excluding carboxylic acids is 9. The van der Waals surface area contributed by atoms with E-state index in [9.17, 15) is 53.4 Å². The summed E-state index contributed by atoms with van der Waals surface area (Å²) in [6.45, 7) is 17.9. The molecular formula is C80H102N14O13S. The van der Waals surface area contributed by atoms with Crippen LogP contribution in [-0.4, -0.2) is 196 Å². The Bertz CT molecular complexity index is 4140. The van der Waals surface area contributed by atoms with Gasteiger partial charge in [-0.2, -0.15) is 0 Å². The number of piperazine rings is 1. The number of phenolic OH excluding ortho intramolecular Hbond substituents is 1. The van der Waals surface area contributed by atoms with Crippen molar-refractivity contribution in [2.75, 3.05) is 87.2 Å². The smallest absolute Gasteiger partial charge is 0.415 e. The lowest BCUT2D eigenvalue weighted by Crippen LogP contribution is -2.61. The Kier molecular flexibility index (Phi) is 27.0. The summed E-state index contributed by atoms with van der Waals surface area (Å²) in [5, 5.41) is 45.0. The molecule has 5 aromatic rings. The molecule has 27 nitrogen and oxygen atoms in total. The van der Waals surface area contributed by atoms with Gasteiger partial charge < -0.3 is 61.8 Å². The molecule has 108 heavy (non-hydrogen) atoms. The van der Waals surface area contributed by atoms with Crippen LogP contribution in [0, 0.1) is 36.5 Å². The number of anilines is 3. The van der Waals surface area contributed by atoms with E-state index in [4.69, 9.17) is 15.2 Å². The number of nitrogens with two attached hydrogens (primary N) is 1. The van der Waals surface area contributed by atoms with Gasteiger partial charge in [-0.3, -0.25) is 48.3 Å². The molecule has 576 valence electrons. The van der Waals surface area contributed by atoms with E-state index < -0.39 is 60.0 Å². The maximum Gasteiger partial charge on any atom is 0.415 e. The topological polar surface area (TPSA) is 354 Å². The number of hydrogen-bond donors (Lipinski definition) is 8. The van der Waals surface area contributed by atoms with Crippen molar-refractivity contribution < 1.29 is 62.8 Å². The highest BCUT2D eigenvalue weighted by Gasteiger charge is 2.44. The van der Waals surface area contributed by atoms with Gasteiger partial charge in [0.2, 0.25) is 29.5 Å². The van der Waals surface area contributed by atoms with E-state index in [1.54, 1.807) is 72.5 Å². The van der Waals surface area contributed by atoms with Gasteiger partial charge in [-0.25, -0.2) is 14.6 Å². The first-order chi connectivity index (χ1) is 51.9. The van der Waals surface area contributed by atoms with Crippen molar-refractivity contribution in [2.45, 2.75) is 155 Å². The van der Waals surface area contributed by atoms with Gasteiger partial charge in [0, 0.05) is 69.9 Å². The monoisotopic (exact) mass is 1500 g/mol. The quantitative estimate of drug-likeness (QED) is 0.0148. The third-order valence-corrected chi connectivity index (χ3v) is 22.3. The Labute approximate surface area is 634 Å². The van der Waals surface area contributed by atoms with Crippen LogP contribution in [0.3, 0.4) is 0 Å². The third kappa shape index (κ3) is 20.3. The number of fused-ring (bicyclic) bond motifs is 3. The molecule has 0 spiro atoms. The van der Waals surface area contributed by atoms with Gasteiger partial charge in [-0.15, -0.1) is 21.5 Å². The number of primary amides is 1. The number of urea groups is 1. The number of aliphatic hydroxyl groups is 1. The third-order valence-electron chi connectivity index (χ3n) is 21.4. The Morgan fingerprint density at radius 3 is 2.25 bits per heavy atom. The highest BCUT2D eigenvalue weighted by atomic mass is 32.1. The number of aliphatic hydroxyl groups excluding tert-OH is 1. The highest BCUT2D eigenvalue weighted by molar-refractivity contribution is 7.13. The number of hydrogen-bond acceptors (Lipinski definition) is 20. The Hall–Kier alpha value is -9.90. The molecule has 3 fully saturated rings. The van der Waals surface area contributed by atoms with E-state index in [0.717, 1.165) is 78.6 Å². The van der Waals surface area contributed by atoms with Crippen molar-refractivity contribution in [1.29, 1.82) is 0 Å². The molecule has 2 aromatic heterocycles. The number of likely N-dealkylation sites (tertiary alicyclic amines) is 2. The summed E-state index contributed by atoms with van der Waals surface area (Å²) >= 11 is 1.59. The van der Waals surface area contributed by atoms with Crippen LogP contribution in [0.4, 0.5) is 26.8 Å². The second-order valence-electron chi connectivity index (χ2n) is 29.9. The molecule has 6 heterocycles. The number of ketones is 2. The number of β-amino-alcohol motifs (C(OH)–C–C–N with tert-alkyl or cyclic N) is 1. The van der Waals surface area contributed by atoms with Gasteiger partial charge in [0.15, 0.2) is 17.4 Å². The molecular weight excluding hydrogens is 1400 g/mol. The molecule has 11 rings (SSSR count). The van der Waals surface area contributed by atoms with E-state index in [1.165, 1.54) is 17.1 Å². The fourth-order valence-electron chi connectivity index (χ4n) is 15.4. The number of nitrogens with one attached hydrogen (secondary N) is 5. The Morgan fingerprint density at radius 2 is 1.55 bits per heavy atom. The highest BCUT2D eigenvalue weighted by Crippen LogP contribution is 2.41. The molecule has 6 aliphatic rings. The normalized spacial score (nSPS) is 19.5. The summed E-state index contributed by atoms with van der Waals surface area (Å²) in [5.74, 6) is -2.32. The van der Waals surface area contributed by atoms with Crippen molar-refractivity contribution in [1.82, 2.24) is 51.1 Å². The number of nitrogens with zero attached hydrogens (tertiary/aromatic N) is 8. The summed E-state index contributed by atoms with van der Waals surface area (Å²) in [4.78, 5) is 135. The second kappa shape index (κ2) is 36.8. The number of ether oxygens (including phenoxy) is 2. The number of benzene rings is 3. The summed E-state index contributed by atoms with van der Waals surface area (Å²) in [6.07, 6.45) is 10.5. The molecule has 3 saturated heterocycles. The van der Waals surface area contributed by atoms with Gasteiger partial charge >= 0.3 is 12.1 Å².